The van der Waals surface area contributed by atoms with Crippen LogP contribution in [0.3, 0.4) is 0 Å². The van der Waals surface area contributed by atoms with Crippen molar-refractivity contribution in [2.75, 3.05) is 5.32 Å². The number of anilines is 2. The average Bonchev–Trinajstić information content (AvgIpc) is 1.81. The number of rotatable bonds is 9. The summed E-state index contributed by atoms with van der Waals surface area (Å²) < 4.78 is 0. The fraction of sp³-hybridized carbons (Fsp3) is 0. The monoisotopic (exact) mass is 1170 g/mol. The molecular formula is C82H55N9. The van der Waals surface area contributed by atoms with Crippen LogP contribution in [-0.2, 0) is 0 Å². The molecule has 0 spiro atoms. The van der Waals surface area contributed by atoms with E-state index in [0.717, 1.165) is 179 Å². The van der Waals surface area contributed by atoms with Gasteiger partial charge in [-0.15, -0.1) is 0 Å². The molecule has 428 valence electrons. The summed E-state index contributed by atoms with van der Waals surface area (Å²) in [5.74, 6) is 0. The van der Waals surface area contributed by atoms with Gasteiger partial charge in [0.1, 0.15) is 0 Å². The molecule has 0 saturated heterocycles. The molecule has 0 aliphatic carbocycles. The molecule has 0 amide bonds. The quantitative estimate of drug-likeness (QED) is 0.0984. The Kier molecular flexibility index (Phi) is 13.0. The van der Waals surface area contributed by atoms with Crippen molar-refractivity contribution in [1.29, 1.82) is 0 Å². The van der Waals surface area contributed by atoms with Gasteiger partial charge in [-0.05, 0) is 130 Å². The first kappa shape index (κ1) is 52.8. The van der Waals surface area contributed by atoms with E-state index in [1.807, 2.05) is 0 Å². The number of benzene rings is 7. The molecule has 7 aromatic carbocycles. The molecular weight excluding hydrogens is 1110 g/mol. The number of H-pyrrole nitrogens is 4. The number of hydrogen-bond donors (Lipinski definition) is 5. The van der Waals surface area contributed by atoms with Crippen molar-refractivity contribution < 1.29 is 0 Å². The number of fused-ring (bicyclic) bond motifs is 16. The minimum absolute atomic E-state index is 0.732. The Morgan fingerprint density at radius 3 is 0.747 bits per heavy atom. The summed E-state index contributed by atoms with van der Waals surface area (Å²) in [5, 5.41) is 4.15. The van der Waals surface area contributed by atoms with Gasteiger partial charge in [0.2, 0.25) is 0 Å². The number of nitrogens with one attached hydrogen (secondary N) is 5. The normalized spacial score (nSPS) is 12.2. The molecule has 13 aromatic rings. The third-order valence-corrected chi connectivity index (χ3v) is 17.3. The fourth-order valence-corrected chi connectivity index (χ4v) is 13.2. The first-order chi connectivity index (χ1) is 45.1. The summed E-state index contributed by atoms with van der Waals surface area (Å²) in [6.45, 7) is 0. The highest BCUT2D eigenvalue weighted by Crippen LogP contribution is 2.44. The lowest BCUT2D eigenvalue weighted by Gasteiger charge is -2.10. The van der Waals surface area contributed by atoms with Crippen LogP contribution in [0.1, 0.15) is 45.6 Å². The Morgan fingerprint density at radius 1 is 0.209 bits per heavy atom. The topological polar surface area (TPSA) is 127 Å². The van der Waals surface area contributed by atoms with E-state index in [-0.39, 0.29) is 0 Å². The van der Waals surface area contributed by atoms with Crippen LogP contribution in [0.2, 0.25) is 0 Å². The summed E-state index contributed by atoms with van der Waals surface area (Å²) in [7, 11) is 0. The second kappa shape index (κ2) is 22.4. The van der Waals surface area contributed by atoms with Gasteiger partial charge in [0.15, 0.2) is 0 Å². The first-order valence-corrected chi connectivity index (χ1v) is 30.6. The Labute approximate surface area is 524 Å². The summed E-state index contributed by atoms with van der Waals surface area (Å²) in [4.78, 5) is 38.5. The van der Waals surface area contributed by atoms with Gasteiger partial charge in [0.05, 0.1) is 73.5 Å². The van der Waals surface area contributed by atoms with E-state index in [0.29, 0.717) is 0 Å². The molecule has 0 unspecified atom stereocenters. The molecule has 0 fully saturated rings. The van der Waals surface area contributed by atoms with Crippen LogP contribution >= 0.6 is 0 Å². The summed E-state index contributed by atoms with van der Waals surface area (Å²) in [6, 6.07) is 89.0. The zero-order valence-corrected chi connectivity index (χ0v) is 49.2. The summed E-state index contributed by atoms with van der Waals surface area (Å²) >= 11 is 0. The third kappa shape index (κ3) is 9.61. The van der Waals surface area contributed by atoms with Crippen molar-refractivity contribution >= 4 is 104 Å². The van der Waals surface area contributed by atoms with Gasteiger partial charge in [-0.3, -0.25) is 0 Å². The zero-order valence-electron chi connectivity index (χ0n) is 49.2. The van der Waals surface area contributed by atoms with Gasteiger partial charge in [-0.2, -0.15) is 0 Å². The van der Waals surface area contributed by atoms with E-state index in [4.69, 9.17) is 19.9 Å². The molecule has 10 heterocycles. The van der Waals surface area contributed by atoms with E-state index < -0.39 is 0 Å². The Bertz CT molecular complexity index is 5470. The van der Waals surface area contributed by atoms with Gasteiger partial charge >= 0.3 is 0 Å². The lowest BCUT2D eigenvalue weighted by atomic mass is 10.0. The Morgan fingerprint density at radius 2 is 0.440 bits per heavy atom. The summed E-state index contributed by atoms with van der Waals surface area (Å²) in [6.07, 6.45) is 17.1. The van der Waals surface area contributed by atoms with Crippen LogP contribution in [0.15, 0.2) is 255 Å². The molecule has 16 bridgehead atoms. The maximum atomic E-state index is 5.70. The average molecular weight is 1170 g/mol. The van der Waals surface area contributed by atoms with E-state index in [1.54, 1.807) is 0 Å². The number of nitrogens with zero attached hydrogens (tertiary/aromatic N) is 4. The maximum absolute atomic E-state index is 5.70. The van der Waals surface area contributed by atoms with E-state index in [2.05, 4.69) is 329 Å². The molecule has 4 aliphatic heterocycles. The Balaban J connectivity index is 1.02. The highest BCUT2D eigenvalue weighted by Gasteiger charge is 2.24. The van der Waals surface area contributed by atoms with Crippen LogP contribution in [0.5, 0.6) is 0 Å². The van der Waals surface area contributed by atoms with E-state index >= 15 is 0 Å². The lowest BCUT2D eigenvalue weighted by molar-refractivity contribution is 1.31. The van der Waals surface area contributed by atoms with Gasteiger partial charge in [0, 0.05) is 66.5 Å². The first-order valence-electron chi connectivity index (χ1n) is 30.6. The van der Waals surface area contributed by atoms with Gasteiger partial charge < -0.3 is 25.3 Å². The molecule has 91 heavy (non-hydrogen) atoms. The predicted molar refractivity (Wildman–Crippen MR) is 379 cm³/mol. The standard InChI is InChI=1S/C82H55N9/c1-8-22-51(23-9-1)74-58-38-40-63(84-58)77(54-28-14-4-15-29-54)66-46-48-70(88-66)81(71-49-47-67(89-71)78(55-30-16-5-17-31-55)64-41-39-59(74)85-64)91-73-50-72-79(56-32-18-6-19-33-56)68-43-42-62(86-68)75(52-24-10-2-11-25-52)60-36-37-61(83-60)76(53-26-12-3-13-27-53)65-44-45-69(87-65)80(82(73)90-72)57-34-20-7-21-35-57/h1-50,83-84,89-91H. The fourth-order valence-electron chi connectivity index (χ4n) is 13.2. The molecule has 0 atom stereocenters. The van der Waals surface area contributed by atoms with Crippen LogP contribution in [0, 0.1) is 0 Å². The lowest BCUT2D eigenvalue weighted by Crippen LogP contribution is -1.95. The second-order valence-corrected chi connectivity index (χ2v) is 22.9. The molecule has 9 nitrogen and oxygen atoms in total. The van der Waals surface area contributed by atoms with E-state index in [1.165, 1.54) is 0 Å². The SMILES string of the molecule is C1=Cc2nc1c(Nc1cc3[nH]c1c(-c1ccccc1)c1nc(c(-c4ccccc4)c4ccc([nH]4)c(-c4ccccc4)c4nc(c3-c3ccccc3)C=C4)C=C1)c1ccc([nH]1)c(-c1ccccc1)c1nc(c(-c3ccccc3)c3ccc([nH]3)c2-c2ccccc2)C=C1. The van der Waals surface area contributed by atoms with Crippen molar-refractivity contribution in [3.63, 3.8) is 0 Å². The van der Waals surface area contributed by atoms with Crippen molar-refractivity contribution in [1.82, 2.24) is 39.9 Å². The molecule has 4 aliphatic rings. The molecule has 17 rings (SSSR count). The summed E-state index contributed by atoms with van der Waals surface area (Å²) in [5.41, 5.74) is 29.1. The molecule has 9 heteroatoms. The maximum Gasteiger partial charge on any atom is 0.0894 e. The third-order valence-electron chi connectivity index (χ3n) is 17.3. The zero-order chi connectivity index (χ0) is 60.2. The molecule has 6 aromatic heterocycles. The largest absolute Gasteiger partial charge is 0.354 e. The highest BCUT2D eigenvalue weighted by atomic mass is 15.0. The predicted octanol–water partition coefficient (Wildman–Crippen LogP) is 21.0. The van der Waals surface area contributed by atoms with E-state index in [9.17, 15) is 0 Å². The second-order valence-electron chi connectivity index (χ2n) is 22.9. The highest BCUT2D eigenvalue weighted by molar-refractivity contribution is 6.06. The number of aromatic amines is 4. The van der Waals surface area contributed by atoms with Crippen LogP contribution in [0.25, 0.3) is 171 Å². The number of aromatic nitrogens is 8. The van der Waals surface area contributed by atoms with Crippen molar-refractivity contribution in [2.24, 2.45) is 0 Å². The van der Waals surface area contributed by atoms with Gasteiger partial charge in [-0.25, -0.2) is 19.9 Å². The van der Waals surface area contributed by atoms with Crippen LogP contribution in [-0.4, -0.2) is 39.9 Å². The van der Waals surface area contributed by atoms with Gasteiger partial charge in [0.25, 0.3) is 0 Å². The smallest absolute Gasteiger partial charge is 0.0894 e. The van der Waals surface area contributed by atoms with Gasteiger partial charge in [-0.1, -0.05) is 212 Å². The van der Waals surface area contributed by atoms with Crippen molar-refractivity contribution in [3.05, 3.63) is 300 Å². The van der Waals surface area contributed by atoms with Crippen LogP contribution in [0.4, 0.5) is 11.4 Å². The minimum Gasteiger partial charge on any atom is -0.354 e. The van der Waals surface area contributed by atoms with Crippen LogP contribution < -0.4 is 5.32 Å². The van der Waals surface area contributed by atoms with Crippen molar-refractivity contribution in [3.8, 4) is 77.9 Å². The van der Waals surface area contributed by atoms with Crippen molar-refractivity contribution in [2.45, 2.75) is 0 Å². The Hall–Kier alpha value is -12.5. The molecule has 0 radical (unpaired) electrons. The molecule has 0 saturated carbocycles. The minimum atomic E-state index is 0.732. The molecule has 5 N–H and O–H groups in total. The number of hydrogen-bond acceptors (Lipinski definition) is 5.